The molecule has 0 N–H and O–H groups in total. The van der Waals surface area contributed by atoms with Gasteiger partial charge in [0.1, 0.15) is 0 Å². The van der Waals surface area contributed by atoms with Gasteiger partial charge in [0.05, 0.1) is 4.83 Å². The van der Waals surface area contributed by atoms with Gasteiger partial charge in [-0.1, -0.05) is 62.2 Å². The van der Waals surface area contributed by atoms with E-state index in [9.17, 15) is 4.79 Å². The van der Waals surface area contributed by atoms with Crippen molar-refractivity contribution in [3.05, 3.63) is 35.9 Å². The second-order valence-electron chi connectivity index (χ2n) is 2.68. The molecule has 0 heterocycles. The van der Waals surface area contributed by atoms with Crippen molar-refractivity contribution in [2.24, 2.45) is 0 Å². The molecule has 0 spiro atoms. The summed E-state index contributed by atoms with van der Waals surface area (Å²) in [6.07, 6.45) is 0.813. The zero-order chi connectivity index (χ0) is 9.68. The molecule has 3 heteroatoms. The predicted molar refractivity (Wildman–Crippen MR) is 61.9 cm³/mol. The molecule has 0 aliphatic heterocycles. The largest absolute Gasteiger partial charge is 0.293 e. The molecule has 1 atom stereocenters. The van der Waals surface area contributed by atoms with Gasteiger partial charge >= 0.3 is 0 Å². The number of carbonyl (C=O) groups excluding carboxylic acids is 1. The topological polar surface area (TPSA) is 17.1 Å². The van der Waals surface area contributed by atoms with E-state index in [1.165, 1.54) is 0 Å². The summed E-state index contributed by atoms with van der Waals surface area (Å²) in [5.41, 5.74) is 0.769. The van der Waals surface area contributed by atoms with Crippen molar-refractivity contribution in [3.8, 4) is 0 Å². The SMILES string of the molecule is O=C(c1ccccc1)C(Br)CCBr. The summed E-state index contributed by atoms with van der Waals surface area (Å²) in [7, 11) is 0. The van der Waals surface area contributed by atoms with Crippen LogP contribution in [-0.2, 0) is 0 Å². The molecule has 0 aromatic heterocycles. The number of carbonyl (C=O) groups is 1. The second-order valence-corrected chi connectivity index (χ2v) is 4.57. The molecule has 13 heavy (non-hydrogen) atoms. The van der Waals surface area contributed by atoms with E-state index < -0.39 is 0 Å². The average Bonchev–Trinajstić information content (AvgIpc) is 2.18. The lowest BCUT2D eigenvalue weighted by molar-refractivity contribution is 0.0990. The Kier molecular flexibility index (Phi) is 4.67. The van der Waals surface area contributed by atoms with Crippen molar-refractivity contribution in [2.45, 2.75) is 11.2 Å². The van der Waals surface area contributed by atoms with Gasteiger partial charge in [-0.3, -0.25) is 4.79 Å². The highest BCUT2D eigenvalue weighted by Gasteiger charge is 2.15. The van der Waals surface area contributed by atoms with E-state index in [-0.39, 0.29) is 10.6 Å². The first-order chi connectivity index (χ1) is 6.25. The maximum atomic E-state index is 11.7. The Labute approximate surface area is 94.8 Å². The number of hydrogen-bond acceptors (Lipinski definition) is 1. The smallest absolute Gasteiger partial charge is 0.176 e. The van der Waals surface area contributed by atoms with E-state index in [2.05, 4.69) is 31.9 Å². The van der Waals surface area contributed by atoms with Crippen LogP contribution in [0.4, 0.5) is 0 Å². The van der Waals surface area contributed by atoms with Crippen LogP contribution in [0.5, 0.6) is 0 Å². The maximum Gasteiger partial charge on any atom is 0.176 e. The van der Waals surface area contributed by atoms with Crippen LogP contribution in [0.25, 0.3) is 0 Å². The van der Waals surface area contributed by atoms with E-state index in [1.54, 1.807) is 0 Å². The lowest BCUT2D eigenvalue weighted by atomic mass is 10.1. The van der Waals surface area contributed by atoms with Crippen molar-refractivity contribution in [1.29, 1.82) is 0 Å². The van der Waals surface area contributed by atoms with Crippen LogP contribution in [0.15, 0.2) is 30.3 Å². The molecule has 0 radical (unpaired) electrons. The molecule has 1 unspecified atom stereocenters. The molecule has 0 amide bonds. The monoisotopic (exact) mass is 304 g/mol. The van der Waals surface area contributed by atoms with Gasteiger partial charge in [-0.05, 0) is 6.42 Å². The third-order valence-corrected chi connectivity index (χ3v) is 3.04. The summed E-state index contributed by atoms with van der Waals surface area (Å²) in [4.78, 5) is 11.6. The van der Waals surface area contributed by atoms with Crippen LogP contribution >= 0.6 is 31.9 Å². The Bertz CT molecular complexity index is 272. The number of ketones is 1. The highest BCUT2D eigenvalue weighted by molar-refractivity contribution is 9.10. The summed E-state index contributed by atoms with van der Waals surface area (Å²) >= 11 is 6.67. The van der Waals surface area contributed by atoms with Gasteiger partial charge in [0.25, 0.3) is 0 Å². The van der Waals surface area contributed by atoms with Crippen LogP contribution in [0.2, 0.25) is 0 Å². The minimum Gasteiger partial charge on any atom is -0.293 e. The molecule has 1 aromatic carbocycles. The highest BCUT2D eigenvalue weighted by atomic mass is 79.9. The predicted octanol–water partition coefficient (Wildman–Crippen LogP) is 3.42. The van der Waals surface area contributed by atoms with Crippen LogP contribution < -0.4 is 0 Å². The van der Waals surface area contributed by atoms with Crippen molar-refractivity contribution in [2.75, 3.05) is 5.33 Å². The molecule has 0 aliphatic carbocycles. The number of halogens is 2. The quantitative estimate of drug-likeness (QED) is 0.615. The number of hydrogen-bond donors (Lipinski definition) is 0. The van der Waals surface area contributed by atoms with Crippen molar-refractivity contribution in [1.82, 2.24) is 0 Å². The van der Waals surface area contributed by atoms with E-state index in [1.807, 2.05) is 30.3 Å². The first kappa shape index (κ1) is 10.9. The molecule has 0 saturated heterocycles. The number of rotatable bonds is 4. The Balaban J connectivity index is 2.68. The average molecular weight is 306 g/mol. The summed E-state index contributed by atoms with van der Waals surface area (Å²) in [6, 6.07) is 9.34. The first-order valence-corrected chi connectivity index (χ1v) is 6.08. The van der Waals surface area contributed by atoms with Crippen molar-refractivity contribution >= 4 is 37.6 Å². The molecule has 1 rings (SSSR count). The van der Waals surface area contributed by atoms with E-state index in [0.29, 0.717) is 0 Å². The molecule has 0 saturated carbocycles. The first-order valence-electron chi connectivity index (χ1n) is 4.05. The Morgan fingerprint density at radius 3 is 2.46 bits per heavy atom. The van der Waals surface area contributed by atoms with Crippen LogP contribution in [-0.4, -0.2) is 15.9 Å². The van der Waals surface area contributed by atoms with E-state index in [0.717, 1.165) is 17.3 Å². The summed E-state index contributed by atoms with van der Waals surface area (Å²) in [5, 5.41) is 0.835. The molecule has 0 fully saturated rings. The van der Waals surface area contributed by atoms with Gasteiger partial charge in [-0.15, -0.1) is 0 Å². The van der Waals surface area contributed by atoms with Gasteiger partial charge in [0.2, 0.25) is 0 Å². The summed E-state index contributed by atoms with van der Waals surface area (Å²) in [5.74, 6) is 0.153. The van der Waals surface area contributed by atoms with Crippen LogP contribution in [0, 0.1) is 0 Å². The lowest BCUT2D eigenvalue weighted by Crippen LogP contribution is -2.14. The van der Waals surface area contributed by atoms with Gasteiger partial charge in [0.15, 0.2) is 5.78 Å². The van der Waals surface area contributed by atoms with Crippen LogP contribution in [0.3, 0.4) is 0 Å². The third-order valence-electron chi connectivity index (χ3n) is 1.71. The lowest BCUT2D eigenvalue weighted by Gasteiger charge is -2.05. The molecule has 0 aliphatic rings. The summed E-state index contributed by atoms with van der Waals surface area (Å²) in [6.45, 7) is 0. The van der Waals surface area contributed by atoms with Crippen molar-refractivity contribution in [3.63, 3.8) is 0 Å². The normalized spacial score (nSPS) is 12.5. The standard InChI is InChI=1S/C10H10Br2O/c11-7-6-9(12)10(13)8-4-2-1-3-5-8/h1-5,9H,6-7H2. The molecule has 0 bridgehead atoms. The zero-order valence-electron chi connectivity index (χ0n) is 7.04. The number of alkyl halides is 2. The van der Waals surface area contributed by atoms with Gasteiger partial charge in [0, 0.05) is 10.9 Å². The van der Waals surface area contributed by atoms with E-state index in [4.69, 9.17) is 0 Å². The van der Waals surface area contributed by atoms with Crippen molar-refractivity contribution < 1.29 is 4.79 Å². The van der Waals surface area contributed by atoms with Gasteiger partial charge in [-0.2, -0.15) is 0 Å². The molecular weight excluding hydrogens is 296 g/mol. The van der Waals surface area contributed by atoms with Gasteiger partial charge < -0.3 is 0 Å². The zero-order valence-corrected chi connectivity index (χ0v) is 10.2. The number of benzene rings is 1. The Morgan fingerprint density at radius 2 is 1.92 bits per heavy atom. The minimum atomic E-state index is -0.0747. The molecule has 1 nitrogen and oxygen atoms in total. The second kappa shape index (κ2) is 5.55. The summed E-state index contributed by atoms with van der Waals surface area (Å²) < 4.78 is 0. The third kappa shape index (κ3) is 3.24. The number of Topliss-reactive ketones (excluding diaryl/α,β-unsaturated/α-hetero) is 1. The van der Waals surface area contributed by atoms with E-state index >= 15 is 0 Å². The highest BCUT2D eigenvalue weighted by Crippen LogP contribution is 2.14. The fourth-order valence-corrected chi connectivity index (χ4v) is 2.58. The minimum absolute atomic E-state index is 0.0747. The Hall–Kier alpha value is -0.150. The van der Waals surface area contributed by atoms with Crippen LogP contribution in [0.1, 0.15) is 16.8 Å². The molecule has 70 valence electrons. The Morgan fingerprint density at radius 1 is 1.31 bits per heavy atom. The molecular formula is C10H10Br2O. The fraction of sp³-hybridized carbons (Fsp3) is 0.300. The molecule has 1 aromatic rings. The maximum absolute atomic E-state index is 11.7. The van der Waals surface area contributed by atoms with Gasteiger partial charge in [-0.25, -0.2) is 0 Å². The fourth-order valence-electron chi connectivity index (χ4n) is 1.01.